The fraction of sp³-hybridized carbons (Fsp3) is 0.227. The average Bonchev–Trinajstić information content (AvgIpc) is 3.34. The highest BCUT2D eigenvalue weighted by atomic mass is 35.5. The topological polar surface area (TPSA) is 51.0 Å². The van der Waals surface area contributed by atoms with Crippen LogP contribution in [0.5, 0.6) is 0 Å². The predicted octanol–water partition coefficient (Wildman–Crippen LogP) is 5.63. The lowest BCUT2D eigenvalue weighted by atomic mass is 10.2. The van der Waals surface area contributed by atoms with E-state index in [0.717, 1.165) is 27.0 Å². The molecule has 0 radical (unpaired) electrons. The number of hydrogen-bond donors (Lipinski definition) is 0. The van der Waals surface area contributed by atoms with Gasteiger partial charge in [-0.3, -0.25) is 14.4 Å². The first-order valence-electron chi connectivity index (χ1n) is 9.43. The number of fused-ring (bicyclic) bond motifs is 1. The summed E-state index contributed by atoms with van der Waals surface area (Å²) in [7, 11) is 0. The van der Waals surface area contributed by atoms with Crippen LogP contribution in [0.1, 0.15) is 34.2 Å². The SMILES string of the molecule is CCn1nc(C)cc1C(=O)N(Cc1ccccc1)c1nc2c(C)ccc(Cl)c2s1. The van der Waals surface area contributed by atoms with Crippen LogP contribution in [0.3, 0.4) is 0 Å². The van der Waals surface area contributed by atoms with E-state index in [0.29, 0.717) is 28.9 Å². The second-order valence-corrected chi connectivity index (χ2v) is 8.29. The Kier molecular flexibility index (Phi) is 5.39. The molecule has 4 aromatic rings. The van der Waals surface area contributed by atoms with Crippen molar-refractivity contribution in [3.05, 3.63) is 76.1 Å². The molecular formula is C22H21ClN4OS. The second-order valence-electron chi connectivity index (χ2n) is 6.90. The quantitative estimate of drug-likeness (QED) is 0.417. The van der Waals surface area contributed by atoms with E-state index >= 15 is 0 Å². The van der Waals surface area contributed by atoms with Gasteiger partial charge in [-0.05, 0) is 44.0 Å². The molecule has 2 aromatic carbocycles. The molecule has 0 bridgehead atoms. The van der Waals surface area contributed by atoms with Crippen molar-refractivity contribution in [1.82, 2.24) is 14.8 Å². The maximum Gasteiger partial charge on any atom is 0.278 e. The minimum atomic E-state index is -0.121. The average molecular weight is 425 g/mol. The van der Waals surface area contributed by atoms with Gasteiger partial charge in [0.2, 0.25) is 0 Å². The molecular weight excluding hydrogens is 404 g/mol. The minimum Gasteiger partial charge on any atom is -0.278 e. The fourth-order valence-electron chi connectivity index (χ4n) is 3.30. The maximum atomic E-state index is 13.6. The first kappa shape index (κ1) is 19.6. The Morgan fingerprint density at radius 1 is 1.17 bits per heavy atom. The molecule has 148 valence electrons. The molecule has 0 saturated heterocycles. The summed E-state index contributed by atoms with van der Waals surface area (Å²) in [5.74, 6) is -0.121. The molecule has 0 spiro atoms. The van der Waals surface area contributed by atoms with Crippen molar-refractivity contribution in [1.29, 1.82) is 0 Å². The van der Waals surface area contributed by atoms with Crippen LogP contribution >= 0.6 is 22.9 Å². The zero-order chi connectivity index (χ0) is 20.5. The summed E-state index contributed by atoms with van der Waals surface area (Å²) in [5.41, 5.74) is 4.28. The number of nitrogens with zero attached hydrogens (tertiary/aromatic N) is 4. The Hall–Kier alpha value is -2.70. The van der Waals surface area contributed by atoms with Crippen molar-refractivity contribution in [2.24, 2.45) is 0 Å². The number of carbonyl (C=O) groups excluding carboxylic acids is 1. The first-order valence-corrected chi connectivity index (χ1v) is 10.6. The van der Waals surface area contributed by atoms with E-state index in [1.165, 1.54) is 11.3 Å². The van der Waals surface area contributed by atoms with Crippen LogP contribution in [0.25, 0.3) is 10.2 Å². The largest absolute Gasteiger partial charge is 0.278 e. The number of hydrogen-bond acceptors (Lipinski definition) is 4. The van der Waals surface area contributed by atoms with E-state index in [1.807, 2.05) is 69.3 Å². The highest BCUT2D eigenvalue weighted by Crippen LogP contribution is 2.36. The number of carbonyl (C=O) groups is 1. The number of thiazole rings is 1. The van der Waals surface area contributed by atoms with Gasteiger partial charge >= 0.3 is 0 Å². The Labute approximate surface area is 178 Å². The van der Waals surface area contributed by atoms with Crippen LogP contribution in [0, 0.1) is 13.8 Å². The summed E-state index contributed by atoms with van der Waals surface area (Å²) in [6, 6.07) is 15.6. The van der Waals surface area contributed by atoms with Crippen LogP contribution in [-0.4, -0.2) is 20.7 Å². The van der Waals surface area contributed by atoms with E-state index < -0.39 is 0 Å². The van der Waals surface area contributed by atoms with Crippen molar-refractivity contribution >= 4 is 44.2 Å². The standard InChI is InChI=1S/C22H21ClN4OS/c1-4-27-18(12-15(3)25-27)21(28)26(13-16-8-6-5-7-9-16)22-24-19-14(2)10-11-17(23)20(19)29-22/h5-12H,4,13H2,1-3H3. The minimum absolute atomic E-state index is 0.121. The third-order valence-electron chi connectivity index (χ3n) is 4.77. The Morgan fingerprint density at radius 3 is 2.62 bits per heavy atom. The van der Waals surface area contributed by atoms with Crippen molar-refractivity contribution in [2.75, 3.05) is 4.90 Å². The van der Waals surface area contributed by atoms with Crippen molar-refractivity contribution in [3.8, 4) is 0 Å². The molecule has 0 N–H and O–H groups in total. The molecule has 29 heavy (non-hydrogen) atoms. The Bertz CT molecular complexity index is 1140. The molecule has 0 aliphatic carbocycles. The van der Waals surface area contributed by atoms with E-state index in [9.17, 15) is 4.79 Å². The molecule has 5 nitrogen and oxygen atoms in total. The van der Waals surface area contributed by atoms with Crippen molar-refractivity contribution in [3.63, 3.8) is 0 Å². The van der Waals surface area contributed by atoms with Gasteiger partial charge in [0.1, 0.15) is 5.69 Å². The van der Waals surface area contributed by atoms with Crippen LogP contribution < -0.4 is 4.90 Å². The smallest absolute Gasteiger partial charge is 0.278 e. The number of halogens is 1. The van der Waals surface area contributed by atoms with Crippen LogP contribution in [0.2, 0.25) is 5.02 Å². The molecule has 7 heteroatoms. The molecule has 0 saturated carbocycles. The number of aromatic nitrogens is 3. The zero-order valence-electron chi connectivity index (χ0n) is 16.5. The van der Waals surface area contributed by atoms with Gasteiger partial charge in [-0.2, -0.15) is 5.10 Å². The molecule has 4 rings (SSSR count). The highest BCUT2D eigenvalue weighted by molar-refractivity contribution is 7.23. The summed E-state index contributed by atoms with van der Waals surface area (Å²) in [6.07, 6.45) is 0. The summed E-state index contributed by atoms with van der Waals surface area (Å²) in [6.45, 7) is 6.92. The Balaban J connectivity index is 1.83. The second kappa shape index (κ2) is 7.97. The van der Waals surface area contributed by atoms with Crippen LogP contribution in [0.4, 0.5) is 5.13 Å². The summed E-state index contributed by atoms with van der Waals surface area (Å²) in [4.78, 5) is 20.1. The van der Waals surface area contributed by atoms with Gasteiger partial charge in [0.15, 0.2) is 5.13 Å². The van der Waals surface area contributed by atoms with Gasteiger partial charge in [0, 0.05) is 6.54 Å². The molecule has 0 aliphatic rings. The van der Waals surface area contributed by atoms with Gasteiger partial charge in [-0.1, -0.05) is 59.3 Å². The van der Waals surface area contributed by atoms with E-state index in [4.69, 9.17) is 16.6 Å². The summed E-state index contributed by atoms with van der Waals surface area (Å²) < 4.78 is 2.63. The monoisotopic (exact) mass is 424 g/mol. The molecule has 2 aromatic heterocycles. The van der Waals surface area contributed by atoms with Gasteiger partial charge in [0.25, 0.3) is 5.91 Å². The molecule has 0 fully saturated rings. The number of amides is 1. The number of rotatable bonds is 5. The lowest BCUT2D eigenvalue weighted by Gasteiger charge is -2.20. The number of anilines is 1. The van der Waals surface area contributed by atoms with Crippen LogP contribution in [-0.2, 0) is 13.1 Å². The van der Waals surface area contributed by atoms with Gasteiger partial charge in [-0.15, -0.1) is 0 Å². The third kappa shape index (κ3) is 3.78. The zero-order valence-corrected chi connectivity index (χ0v) is 18.1. The van der Waals surface area contributed by atoms with Crippen molar-refractivity contribution < 1.29 is 4.79 Å². The third-order valence-corrected chi connectivity index (χ3v) is 6.30. The Morgan fingerprint density at radius 2 is 1.93 bits per heavy atom. The number of benzene rings is 2. The highest BCUT2D eigenvalue weighted by Gasteiger charge is 2.25. The van der Waals surface area contributed by atoms with Crippen LogP contribution in [0.15, 0.2) is 48.5 Å². The lowest BCUT2D eigenvalue weighted by Crippen LogP contribution is -2.32. The molecule has 0 aliphatic heterocycles. The van der Waals surface area contributed by atoms with Gasteiger partial charge < -0.3 is 0 Å². The fourth-order valence-corrected chi connectivity index (χ4v) is 4.61. The normalized spacial score (nSPS) is 11.2. The lowest BCUT2D eigenvalue weighted by molar-refractivity contribution is 0.0975. The molecule has 2 heterocycles. The van der Waals surface area contributed by atoms with E-state index in [2.05, 4.69) is 5.10 Å². The predicted molar refractivity (Wildman–Crippen MR) is 119 cm³/mol. The van der Waals surface area contributed by atoms with E-state index in [-0.39, 0.29) is 5.91 Å². The first-order chi connectivity index (χ1) is 14.0. The molecule has 1 amide bonds. The van der Waals surface area contributed by atoms with Crippen molar-refractivity contribution in [2.45, 2.75) is 33.9 Å². The maximum absolute atomic E-state index is 13.6. The molecule has 0 atom stereocenters. The molecule has 0 unspecified atom stereocenters. The van der Waals surface area contributed by atoms with Gasteiger partial charge in [-0.25, -0.2) is 4.98 Å². The van der Waals surface area contributed by atoms with E-state index in [1.54, 1.807) is 9.58 Å². The number of aryl methyl sites for hydroxylation is 3. The summed E-state index contributed by atoms with van der Waals surface area (Å²) >= 11 is 7.85. The summed E-state index contributed by atoms with van der Waals surface area (Å²) in [5, 5.41) is 5.72. The van der Waals surface area contributed by atoms with Gasteiger partial charge in [0.05, 0.1) is 27.5 Å².